The fraction of sp³-hybridized carbons (Fsp3) is 0.353. The molecule has 5 nitrogen and oxygen atoms in total. The Bertz CT molecular complexity index is 813. The van der Waals surface area contributed by atoms with Crippen molar-refractivity contribution in [3.8, 4) is 10.8 Å². The highest BCUT2D eigenvalue weighted by Gasteiger charge is 2.16. The van der Waals surface area contributed by atoms with Crippen molar-refractivity contribution in [2.24, 2.45) is 0 Å². The molecule has 0 spiro atoms. The molecule has 0 aromatic carbocycles. The molecule has 3 heterocycles. The Morgan fingerprint density at radius 1 is 1.25 bits per heavy atom. The predicted molar refractivity (Wildman–Crippen MR) is 95.5 cm³/mol. The molecule has 124 valence electrons. The number of nitrogens with zero attached hydrogens (tertiary/aromatic N) is 2. The molecule has 1 N–H and O–H groups in total. The fourth-order valence-corrected chi connectivity index (χ4v) is 4.66. The van der Waals surface area contributed by atoms with Gasteiger partial charge in [0, 0.05) is 10.3 Å². The van der Waals surface area contributed by atoms with Crippen LogP contribution in [0, 0.1) is 0 Å². The summed E-state index contributed by atoms with van der Waals surface area (Å²) in [6.45, 7) is 0. The lowest BCUT2D eigenvalue weighted by molar-refractivity contribution is -0.115. The third-order valence-corrected chi connectivity index (χ3v) is 5.95. The largest absolute Gasteiger partial charge is 0.462 e. The molecule has 1 aliphatic rings. The van der Waals surface area contributed by atoms with Crippen LogP contribution in [0.3, 0.4) is 0 Å². The molecule has 1 amide bonds. The van der Waals surface area contributed by atoms with E-state index in [2.05, 4.69) is 15.3 Å². The average Bonchev–Trinajstić information content (AvgIpc) is 3.27. The average molecular weight is 359 g/mol. The second-order valence-corrected chi connectivity index (χ2v) is 7.74. The number of anilines is 1. The maximum atomic E-state index is 12.3. The quantitative estimate of drug-likeness (QED) is 0.705. The summed E-state index contributed by atoms with van der Waals surface area (Å²) in [6.07, 6.45) is 7.67. The molecule has 0 bridgehead atoms. The molecule has 0 saturated carbocycles. The number of thiazole rings is 2. The Morgan fingerprint density at radius 2 is 2.17 bits per heavy atom. The van der Waals surface area contributed by atoms with E-state index >= 15 is 0 Å². The van der Waals surface area contributed by atoms with Crippen molar-refractivity contribution >= 4 is 33.7 Å². The highest BCUT2D eigenvalue weighted by molar-refractivity contribution is 7.15. The maximum absolute atomic E-state index is 12.3. The van der Waals surface area contributed by atoms with Crippen LogP contribution in [0.15, 0.2) is 28.2 Å². The van der Waals surface area contributed by atoms with E-state index in [1.165, 1.54) is 41.2 Å². The number of fused-ring (bicyclic) bond motifs is 1. The Hall–Kier alpha value is -1.99. The zero-order valence-electron chi connectivity index (χ0n) is 13.1. The highest BCUT2D eigenvalue weighted by atomic mass is 32.1. The van der Waals surface area contributed by atoms with E-state index < -0.39 is 0 Å². The van der Waals surface area contributed by atoms with Gasteiger partial charge in [-0.3, -0.25) is 4.79 Å². The molecular formula is C17H17N3O2S2. The van der Waals surface area contributed by atoms with Gasteiger partial charge in [0.1, 0.15) is 0 Å². The summed E-state index contributed by atoms with van der Waals surface area (Å²) in [4.78, 5) is 22.6. The van der Waals surface area contributed by atoms with Crippen LogP contribution in [0.4, 0.5) is 5.13 Å². The number of carbonyl (C=O) groups is 1. The Morgan fingerprint density at radius 3 is 3.04 bits per heavy atom. The summed E-state index contributed by atoms with van der Waals surface area (Å²) >= 11 is 3.10. The van der Waals surface area contributed by atoms with E-state index in [4.69, 9.17) is 4.42 Å². The topological polar surface area (TPSA) is 68.0 Å². The molecule has 1 aliphatic carbocycles. The summed E-state index contributed by atoms with van der Waals surface area (Å²) in [5.41, 5.74) is 1.92. The van der Waals surface area contributed by atoms with Crippen LogP contribution in [0.2, 0.25) is 0 Å². The number of carbonyl (C=O) groups excluding carboxylic acids is 1. The Kier molecular flexibility index (Phi) is 4.44. The van der Waals surface area contributed by atoms with Gasteiger partial charge in [0.2, 0.25) is 5.91 Å². The van der Waals surface area contributed by atoms with Gasteiger partial charge in [-0.15, -0.1) is 22.7 Å². The molecule has 24 heavy (non-hydrogen) atoms. The zero-order chi connectivity index (χ0) is 16.4. The minimum absolute atomic E-state index is 0.0739. The van der Waals surface area contributed by atoms with Gasteiger partial charge in [-0.1, -0.05) is 6.42 Å². The van der Waals surface area contributed by atoms with Crippen molar-refractivity contribution in [3.05, 3.63) is 40.0 Å². The molecule has 4 rings (SSSR count). The van der Waals surface area contributed by atoms with Crippen LogP contribution < -0.4 is 5.32 Å². The predicted octanol–water partition coefficient (Wildman–Crippen LogP) is 4.31. The van der Waals surface area contributed by atoms with Gasteiger partial charge in [-0.05, 0) is 37.8 Å². The van der Waals surface area contributed by atoms with Crippen molar-refractivity contribution in [2.45, 2.75) is 38.5 Å². The lowest BCUT2D eigenvalue weighted by Gasteiger charge is -1.99. The number of hydrogen-bond acceptors (Lipinski definition) is 6. The van der Waals surface area contributed by atoms with Crippen molar-refractivity contribution in [1.29, 1.82) is 0 Å². The number of hydrogen-bond donors (Lipinski definition) is 1. The van der Waals surface area contributed by atoms with Crippen molar-refractivity contribution in [2.75, 3.05) is 5.32 Å². The van der Waals surface area contributed by atoms with Gasteiger partial charge in [-0.2, -0.15) is 0 Å². The Balaban J connectivity index is 1.40. The summed E-state index contributed by atoms with van der Waals surface area (Å²) in [5.74, 6) is 0.658. The van der Waals surface area contributed by atoms with Crippen molar-refractivity contribution < 1.29 is 9.21 Å². The molecule has 0 fully saturated rings. The van der Waals surface area contributed by atoms with Gasteiger partial charge in [0.05, 0.1) is 24.1 Å². The highest BCUT2D eigenvalue weighted by Crippen LogP contribution is 2.29. The van der Waals surface area contributed by atoms with Crippen LogP contribution in [0.1, 0.15) is 35.5 Å². The summed E-state index contributed by atoms with van der Waals surface area (Å²) in [5, 5.41) is 6.33. The number of furan rings is 1. The van der Waals surface area contributed by atoms with E-state index in [1.807, 2.05) is 17.5 Å². The van der Waals surface area contributed by atoms with E-state index in [-0.39, 0.29) is 12.3 Å². The van der Waals surface area contributed by atoms with E-state index in [0.29, 0.717) is 5.13 Å². The van der Waals surface area contributed by atoms with Gasteiger partial charge in [0.25, 0.3) is 0 Å². The van der Waals surface area contributed by atoms with E-state index in [9.17, 15) is 4.79 Å². The minimum atomic E-state index is -0.0739. The summed E-state index contributed by atoms with van der Waals surface area (Å²) in [7, 11) is 0. The molecule has 0 radical (unpaired) electrons. The third kappa shape index (κ3) is 3.42. The number of rotatable bonds is 4. The molecule has 0 aliphatic heterocycles. The first kappa shape index (κ1) is 15.5. The van der Waals surface area contributed by atoms with Crippen LogP contribution in [0.5, 0.6) is 0 Å². The molecule has 3 aromatic rings. The van der Waals surface area contributed by atoms with E-state index in [0.717, 1.165) is 29.3 Å². The lowest BCUT2D eigenvalue weighted by atomic mass is 10.2. The molecule has 7 heteroatoms. The van der Waals surface area contributed by atoms with Gasteiger partial charge < -0.3 is 9.73 Å². The smallest absolute Gasteiger partial charge is 0.232 e. The van der Waals surface area contributed by atoms with Crippen LogP contribution >= 0.6 is 22.7 Å². The first-order valence-electron chi connectivity index (χ1n) is 8.04. The number of amides is 1. The summed E-state index contributed by atoms with van der Waals surface area (Å²) < 4.78 is 5.33. The minimum Gasteiger partial charge on any atom is -0.462 e. The first-order chi connectivity index (χ1) is 11.8. The van der Waals surface area contributed by atoms with Crippen LogP contribution in [0.25, 0.3) is 10.8 Å². The number of aromatic nitrogens is 2. The lowest BCUT2D eigenvalue weighted by Crippen LogP contribution is -2.14. The van der Waals surface area contributed by atoms with Gasteiger partial charge in [-0.25, -0.2) is 9.97 Å². The second kappa shape index (κ2) is 6.86. The first-order valence-corrected chi connectivity index (χ1v) is 9.74. The maximum Gasteiger partial charge on any atom is 0.232 e. The normalized spacial score (nSPS) is 14.2. The molecule has 0 unspecified atom stereocenters. The van der Waals surface area contributed by atoms with E-state index in [1.54, 1.807) is 17.6 Å². The van der Waals surface area contributed by atoms with Crippen LogP contribution in [-0.2, 0) is 24.1 Å². The third-order valence-electron chi connectivity index (χ3n) is 3.97. The fourth-order valence-electron chi connectivity index (χ4n) is 2.81. The van der Waals surface area contributed by atoms with Crippen molar-refractivity contribution in [1.82, 2.24) is 9.97 Å². The van der Waals surface area contributed by atoms with Gasteiger partial charge >= 0.3 is 0 Å². The SMILES string of the molecule is O=C(Cc1csc(-c2ccco2)n1)Nc1nc2c(s1)CCCCC2. The monoisotopic (exact) mass is 359 g/mol. The number of nitrogens with one attached hydrogen (secondary N) is 1. The van der Waals surface area contributed by atoms with Gasteiger partial charge in [0.15, 0.2) is 15.9 Å². The molecule has 0 saturated heterocycles. The Labute approximate surface area is 147 Å². The second-order valence-electron chi connectivity index (χ2n) is 5.80. The zero-order valence-corrected chi connectivity index (χ0v) is 14.7. The molecule has 3 aromatic heterocycles. The molecule has 0 atom stereocenters. The number of aryl methyl sites for hydroxylation is 2. The molecular weight excluding hydrogens is 342 g/mol. The van der Waals surface area contributed by atoms with Crippen LogP contribution in [-0.4, -0.2) is 15.9 Å². The van der Waals surface area contributed by atoms with Crippen molar-refractivity contribution in [3.63, 3.8) is 0 Å². The standard InChI is InChI=1S/C17H17N3O2S2/c21-15(9-11-10-23-16(18-11)13-6-4-8-22-13)20-17-19-12-5-2-1-3-7-14(12)24-17/h4,6,8,10H,1-3,5,7,9H2,(H,19,20,21). The summed E-state index contributed by atoms with van der Waals surface area (Å²) in [6, 6.07) is 3.70.